The summed E-state index contributed by atoms with van der Waals surface area (Å²) in [7, 11) is 0. The molecule has 0 aliphatic heterocycles. The molecule has 1 amide bonds. The van der Waals surface area contributed by atoms with Crippen LogP contribution in [0.2, 0.25) is 0 Å². The number of rotatable bonds is 5. The molecule has 0 aliphatic carbocycles. The van der Waals surface area contributed by atoms with Crippen LogP contribution in [-0.4, -0.2) is 17.1 Å². The number of nitrogens with one attached hydrogen (secondary N) is 1. The monoisotopic (exact) mass is 310 g/mol. The van der Waals surface area contributed by atoms with E-state index in [9.17, 15) is 9.90 Å². The number of nitriles is 1. The maximum Gasteiger partial charge on any atom is 0.257 e. The van der Waals surface area contributed by atoms with E-state index < -0.39 is 12.0 Å². The van der Waals surface area contributed by atoms with Crippen molar-refractivity contribution in [2.45, 2.75) is 26.1 Å². The third-order valence-corrected chi connectivity index (χ3v) is 3.09. The summed E-state index contributed by atoms with van der Waals surface area (Å²) in [6, 6.07) is 15.4. The lowest BCUT2D eigenvalue weighted by atomic mass is 10.1. The normalized spacial score (nSPS) is 11.6. The fourth-order valence-corrected chi connectivity index (χ4v) is 2.04. The predicted molar refractivity (Wildman–Crippen MR) is 87.0 cm³/mol. The van der Waals surface area contributed by atoms with Gasteiger partial charge in [-0.1, -0.05) is 30.3 Å². The van der Waals surface area contributed by atoms with Crippen LogP contribution in [0.25, 0.3) is 0 Å². The van der Waals surface area contributed by atoms with Gasteiger partial charge in [0.25, 0.3) is 5.91 Å². The van der Waals surface area contributed by atoms with Gasteiger partial charge >= 0.3 is 0 Å². The molecule has 0 fully saturated rings. The Balaban J connectivity index is 2.24. The highest BCUT2D eigenvalue weighted by Crippen LogP contribution is 2.28. The highest BCUT2D eigenvalue weighted by atomic mass is 16.5. The molecular formula is C18H18N2O3. The van der Waals surface area contributed by atoms with Crippen molar-refractivity contribution in [3.63, 3.8) is 0 Å². The van der Waals surface area contributed by atoms with Gasteiger partial charge in [-0.2, -0.15) is 5.26 Å². The van der Waals surface area contributed by atoms with E-state index in [-0.39, 0.29) is 6.10 Å². The smallest absolute Gasteiger partial charge is 0.257 e. The number of amides is 1. The molecule has 23 heavy (non-hydrogen) atoms. The summed E-state index contributed by atoms with van der Waals surface area (Å²) < 4.78 is 5.63. The predicted octanol–water partition coefficient (Wildman–Crippen LogP) is 3.02. The van der Waals surface area contributed by atoms with E-state index >= 15 is 0 Å². The molecule has 5 nitrogen and oxygen atoms in total. The molecule has 0 radical (unpaired) electrons. The van der Waals surface area contributed by atoms with E-state index in [0.717, 1.165) is 0 Å². The summed E-state index contributed by atoms with van der Waals surface area (Å²) in [5.74, 6) is -0.132. The van der Waals surface area contributed by atoms with Crippen molar-refractivity contribution in [3.8, 4) is 11.8 Å². The van der Waals surface area contributed by atoms with Crippen molar-refractivity contribution < 1.29 is 14.6 Å². The molecule has 1 unspecified atom stereocenters. The number of nitrogens with zero attached hydrogens (tertiary/aromatic N) is 1. The van der Waals surface area contributed by atoms with Gasteiger partial charge in [-0.05, 0) is 37.6 Å². The standard InChI is InChI=1S/C18H18N2O3/c1-12(2)23-16-9-8-13(11-19)10-15(16)20-18(22)17(21)14-6-4-3-5-7-14/h3-10,12,17,21H,1-2H3,(H,20,22). The molecule has 2 N–H and O–H groups in total. The molecule has 0 saturated carbocycles. The van der Waals surface area contributed by atoms with Crippen molar-refractivity contribution in [2.75, 3.05) is 5.32 Å². The van der Waals surface area contributed by atoms with Crippen molar-refractivity contribution in [2.24, 2.45) is 0 Å². The number of hydrogen-bond acceptors (Lipinski definition) is 4. The third-order valence-electron chi connectivity index (χ3n) is 3.09. The number of carbonyl (C=O) groups is 1. The molecule has 1 atom stereocenters. The summed E-state index contributed by atoms with van der Waals surface area (Å²) in [6.45, 7) is 3.73. The summed E-state index contributed by atoms with van der Waals surface area (Å²) in [6.07, 6.45) is -1.38. The number of hydrogen-bond donors (Lipinski definition) is 2. The first-order valence-electron chi connectivity index (χ1n) is 7.26. The molecule has 0 bridgehead atoms. The fourth-order valence-electron chi connectivity index (χ4n) is 2.04. The lowest BCUT2D eigenvalue weighted by Crippen LogP contribution is -2.21. The van der Waals surface area contributed by atoms with E-state index in [2.05, 4.69) is 5.32 Å². The molecule has 0 aliphatic rings. The van der Waals surface area contributed by atoms with E-state index in [0.29, 0.717) is 22.6 Å². The minimum absolute atomic E-state index is 0.0855. The van der Waals surface area contributed by atoms with Gasteiger partial charge in [0.1, 0.15) is 5.75 Å². The first-order valence-corrected chi connectivity index (χ1v) is 7.26. The largest absolute Gasteiger partial charge is 0.489 e. The highest BCUT2D eigenvalue weighted by Gasteiger charge is 2.19. The lowest BCUT2D eigenvalue weighted by Gasteiger charge is -2.17. The van der Waals surface area contributed by atoms with Crippen LogP contribution in [0.3, 0.4) is 0 Å². The van der Waals surface area contributed by atoms with Gasteiger partial charge in [0.05, 0.1) is 23.4 Å². The summed E-state index contributed by atoms with van der Waals surface area (Å²) in [5.41, 5.74) is 1.25. The van der Waals surface area contributed by atoms with Gasteiger partial charge < -0.3 is 15.2 Å². The summed E-state index contributed by atoms with van der Waals surface area (Å²) in [4.78, 5) is 12.3. The van der Waals surface area contributed by atoms with Gasteiger partial charge in [-0.15, -0.1) is 0 Å². The third kappa shape index (κ3) is 4.31. The van der Waals surface area contributed by atoms with Crippen LogP contribution in [-0.2, 0) is 4.79 Å². The van der Waals surface area contributed by atoms with E-state index in [4.69, 9.17) is 10.00 Å². The second-order valence-corrected chi connectivity index (χ2v) is 5.29. The van der Waals surface area contributed by atoms with Crippen LogP contribution in [0.4, 0.5) is 5.69 Å². The molecule has 5 heteroatoms. The summed E-state index contributed by atoms with van der Waals surface area (Å²) in [5, 5.41) is 21.8. The van der Waals surface area contributed by atoms with Gasteiger partial charge in [0.2, 0.25) is 0 Å². The topological polar surface area (TPSA) is 82.3 Å². The molecule has 2 rings (SSSR count). The Morgan fingerprint density at radius 2 is 1.91 bits per heavy atom. The maximum atomic E-state index is 12.3. The molecule has 0 saturated heterocycles. The molecule has 0 spiro atoms. The van der Waals surface area contributed by atoms with E-state index in [1.165, 1.54) is 6.07 Å². The van der Waals surface area contributed by atoms with Crippen LogP contribution in [0, 0.1) is 11.3 Å². The van der Waals surface area contributed by atoms with Crippen LogP contribution >= 0.6 is 0 Å². The van der Waals surface area contributed by atoms with Crippen LogP contribution in [0.5, 0.6) is 5.75 Å². The number of ether oxygens (including phenoxy) is 1. The molecule has 118 valence electrons. The Hall–Kier alpha value is -2.84. The number of carbonyl (C=O) groups excluding carboxylic acids is 1. The first-order chi connectivity index (χ1) is 11.0. The number of aliphatic hydroxyl groups is 1. The van der Waals surface area contributed by atoms with Gasteiger partial charge in [-0.25, -0.2) is 0 Å². The van der Waals surface area contributed by atoms with Crippen molar-refractivity contribution >= 4 is 11.6 Å². The van der Waals surface area contributed by atoms with E-state index in [1.807, 2.05) is 19.9 Å². The van der Waals surface area contributed by atoms with Crippen LogP contribution < -0.4 is 10.1 Å². The summed E-state index contributed by atoms with van der Waals surface area (Å²) >= 11 is 0. The second kappa shape index (κ2) is 7.43. The average molecular weight is 310 g/mol. The van der Waals surface area contributed by atoms with Crippen molar-refractivity contribution in [1.29, 1.82) is 5.26 Å². The zero-order valence-electron chi connectivity index (χ0n) is 13.0. The molecule has 2 aromatic carbocycles. The van der Waals surface area contributed by atoms with Gasteiger partial charge in [0.15, 0.2) is 6.10 Å². The fraction of sp³-hybridized carbons (Fsp3) is 0.222. The minimum atomic E-state index is -1.30. The zero-order valence-corrected chi connectivity index (χ0v) is 13.0. The number of anilines is 1. The SMILES string of the molecule is CC(C)Oc1ccc(C#N)cc1NC(=O)C(O)c1ccccc1. The van der Waals surface area contributed by atoms with Gasteiger partial charge in [-0.3, -0.25) is 4.79 Å². The van der Waals surface area contributed by atoms with Crippen molar-refractivity contribution in [3.05, 3.63) is 59.7 Å². The number of benzene rings is 2. The minimum Gasteiger partial charge on any atom is -0.489 e. The molecular weight excluding hydrogens is 292 g/mol. The Morgan fingerprint density at radius 1 is 1.22 bits per heavy atom. The van der Waals surface area contributed by atoms with E-state index in [1.54, 1.807) is 42.5 Å². The lowest BCUT2D eigenvalue weighted by molar-refractivity contribution is -0.124. The van der Waals surface area contributed by atoms with Crippen LogP contribution in [0.15, 0.2) is 48.5 Å². The Labute approximate surface area is 135 Å². The Bertz CT molecular complexity index is 721. The Morgan fingerprint density at radius 3 is 2.52 bits per heavy atom. The van der Waals surface area contributed by atoms with Crippen molar-refractivity contribution in [1.82, 2.24) is 0 Å². The number of aliphatic hydroxyl groups excluding tert-OH is 1. The quantitative estimate of drug-likeness (QED) is 0.889. The molecule has 0 aromatic heterocycles. The average Bonchev–Trinajstić information content (AvgIpc) is 2.56. The first kappa shape index (κ1) is 16.5. The maximum absolute atomic E-state index is 12.3. The zero-order chi connectivity index (χ0) is 16.8. The van der Waals surface area contributed by atoms with Gasteiger partial charge in [0, 0.05) is 0 Å². The molecule has 0 heterocycles. The highest BCUT2D eigenvalue weighted by molar-refractivity contribution is 5.96. The van der Waals surface area contributed by atoms with Crippen LogP contribution in [0.1, 0.15) is 31.1 Å². The molecule has 2 aromatic rings. The second-order valence-electron chi connectivity index (χ2n) is 5.29. The Kier molecular flexibility index (Phi) is 5.34.